The molecule has 6 heteroatoms. The number of nitrogens with zero attached hydrogens (tertiary/aromatic N) is 3. The van der Waals surface area contributed by atoms with Gasteiger partial charge in [-0.25, -0.2) is 0 Å². The zero-order valence-corrected chi connectivity index (χ0v) is 13.8. The highest BCUT2D eigenvalue weighted by molar-refractivity contribution is 5.93. The van der Waals surface area contributed by atoms with Crippen molar-refractivity contribution in [2.75, 3.05) is 18.4 Å². The highest BCUT2D eigenvalue weighted by Gasteiger charge is 2.44. The Kier molecular flexibility index (Phi) is 4.08. The third kappa shape index (κ3) is 3.20. The smallest absolute Gasteiger partial charge is 0.230 e. The van der Waals surface area contributed by atoms with E-state index >= 15 is 0 Å². The minimum absolute atomic E-state index is 0.0240. The molecule has 1 amide bonds. The number of aryl methyl sites for hydroxylation is 1. The van der Waals surface area contributed by atoms with Crippen LogP contribution in [0.1, 0.15) is 12.0 Å². The second kappa shape index (κ2) is 6.37. The molecule has 0 spiro atoms. The van der Waals surface area contributed by atoms with Crippen LogP contribution in [0.2, 0.25) is 0 Å². The zero-order valence-electron chi connectivity index (χ0n) is 13.8. The van der Waals surface area contributed by atoms with Crippen molar-refractivity contribution in [2.24, 2.45) is 13.0 Å². The molecule has 3 atom stereocenters. The summed E-state index contributed by atoms with van der Waals surface area (Å²) in [5, 5.41) is 7.23. The quantitative estimate of drug-likeness (QED) is 0.928. The molecule has 1 aromatic carbocycles. The van der Waals surface area contributed by atoms with E-state index in [0.29, 0.717) is 0 Å². The van der Waals surface area contributed by atoms with Gasteiger partial charge in [-0.1, -0.05) is 18.2 Å². The lowest BCUT2D eigenvalue weighted by Gasteiger charge is -2.32. The van der Waals surface area contributed by atoms with E-state index in [0.717, 1.165) is 31.7 Å². The van der Waals surface area contributed by atoms with Crippen LogP contribution in [0.5, 0.6) is 0 Å². The van der Waals surface area contributed by atoms with Gasteiger partial charge in [-0.3, -0.25) is 14.4 Å². The van der Waals surface area contributed by atoms with Crippen molar-refractivity contribution in [3.05, 3.63) is 48.3 Å². The van der Waals surface area contributed by atoms with Gasteiger partial charge in [0.15, 0.2) is 0 Å². The van der Waals surface area contributed by atoms with Gasteiger partial charge in [0, 0.05) is 44.1 Å². The number of carbonyl (C=O) groups excluding carboxylic acids is 1. The molecule has 2 aliphatic rings. The van der Waals surface area contributed by atoms with E-state index in [2.05, 4.69) is 15.3 Å². The van der Waals surface area contributed by atoms with E-state index in [-0.39, 0.29) is 24.0 Å². The molecule has 2 bridgehead atoms. The molecule has 0 unspecified atom stereocenters. The standard InChI is InChI=1S/C18H22N4O2/c1-21-9-13(8-19-21)10-22-11-15-7-16(17(12-22)24-15)18(23)20-14-5-3-2-4-6-14/h2-6,8-9,15-17H,7,10-12H2,1H3,(H,20,23)/t15-,16+,17-/m1/s1. The first-order chi connectivity index (χ1) is 11.7. The topological polar surface area (TPSA) is 59.4 Å². The minimum Gasteiger partial charge on any atom is -0.371 e. The van der Waals surface area contributed by atoms with Crippen molar-refractivity contribution in [1.82, 2.24) is 14.7 Å². The third-order valence-corrected chi connectivity index (χ3v) is 4.78. The number of rotatable bonds is 4. The predicted molar refractivity (Wildman–Crippen MR) is 90.3 cm³/mol. The summed E-state index contributed by atoms with van der Waals surface area (Å²) >= 11 is 0. The molecular formula is C18H22N4O2. The molecule has 2 aliphatic heterocycles. The third-order valence-electron chi connectivity index (χ3n) is 4.78. The number of hydrogen-bond acceptors (Lipinski definition) is 4. The molecule has 0 saturated carbocycles. The van der Waals surface area contributed by atoms with E-state index in [1.165, 1.54) is 5.56 Å². The number of morpholine rings is 1. The first-order valence-corrected chi connectivity index (χ1v) is 8.38. The Hall–Kier alpha value is -2.18. The SMILES string of the molecule is Cn1cc(CN2C[C@H]3C[C@H](C(=O)Nc4ccccc4)[C@@H](C2)O3)cn1. The molecule has 6 nitrogen and oxygen atoms in total. The highest BCUT2D eigenvalue weighted by atomic mass is 16.5. The van der Waals surface area contributed by atoms with Crippen LogP contribution in [0.25, 0.3) is 0 Å². The van der Waals surface area contributed by atoms with E-state index in [9.17, 15) is 4.79 Å². The number of anilines is 1. The summed E-state index contributed by atoms with van der Waals surface area (Å²) < 4.78 is 7.84. The summed E-state index contributed by atoms with van der Waals surface area (Å²) in [5.74, 6) is -0.00830. The summed E-state index contributed by atoms with van der Waals surface area (Å²) in [6, 6.07) is 9.62. The van der Waals surface area contributed by atoms with Crippen molar-refractivity contribution in [3.63, 3.8) is 0 Å². The Bertz CT molecular complexity index is 715. The normalized spacial score (nSPS) is 26.5. The number of nitrogens with one attached hydrogen (secondary N) is 1. The molecule has 2 saturated heterocycles. The second-order valence-corrected chi connectivity index (χ2v) is 6.71. The Balaban J connectivity index is 1.39. The van der Waals surface area contributed by atoms with Gasteiger partial charge in [0.2, 0.25) is 5.91 Å². The van der Waals surface area contributed by atoms with Gasteiger partial charge < -0.3 is 10.1 Å². The predicted octanol–water partition coefficient (Wildman–Crippen LogP) is 1.65. The Labute approximate surface area is 141 Å². The fourth-order valence-electron chi connectivity index (χ4n) is 3.71. The maximum absolute atomic E-state index is 12.6. The zero-order chi connectivity index (χ0) is 16.5. The van der Waals surface area contributed by atoms with Crippen molar-refractivity contribution in [1.29, 1.82) is 0 Å². The second-order valence-electron chi connectivity index (χ2n) is 6.71. The molecule has 1 aromatic heterocycles. The average Bonchev–Trinajstić information content (AvgIpc) is 3.11. The van der Waals surface area contributed by atoms with Gasteiger partial charge in [-0.2, -0.15) is 5.10 Å². The molecule has 0 aliphatic carbocycles. The number of carbonyl (C=O) groups is 1. The molecule has 2 aromatic rings. The van der Waals surface area contributed by atoms with Crippen LogP contribution in [0.3, 0.4) is 0 Å². The fourth-order valence-corrected chi connectivity index (χ4v) is 3.71. The molecule has 24 heavy (non-hydrogen) atoms. The number of aromatic nitrogens is 2. The number of amides is 1. The van der Waals surface area contributed by atoms with Crippen LogP contribution in [-0.2, 0) is 23.1 Å². The Morgan fingerprint density at radius 2 is 2.17 bits per heavy atom. The minimum atomic E-state index is -0.0749. The summed E-state index contributed by atoms with van der Waals surface area (Å²) in [5.41, 5.74) is 2.04. The van der Waals surface area contributed by atoms with Gasteiger partial charge in [0.25, 0.3) is 0 Å². The summed E-state index contributed by atoms with van der Waals surface area (Å²) in [6.45, 7) is 2.52. The van der Waals surface area contributed by atoms with Gasteiger partial charge in [0.05, 0.1) is 24.3 Å². The summed E-state index contributed by atoms with van der Waals surface area (Å²) in [4.78, 5) is 15.0. The van der Waals surface area contributed by atoms with Crippen LogP contribution in [-0.4, -0.2) is 45.9 Å². The van der Waals surface area contributed by atoms with E-state index in [1.807, 2.05) is 54.5 Å². The number of fused-ring (bicyclic) bond motifs is 2. The maximum atomic E-state index is 12.6. The molecule has 2 fully saturated rings. The van der Waals surface area contributed by atoms with Gasteiger partial charge in [-0.15, -0.1) is 0 Å². The van der Waals surface area contributed by atoms with E-state index in [4.69, 9.17) is 4.74 Å². The molecule has 4 rings (SSSR count). The number of ether oxygens (including phenoxy) is 1. The maximum Gasteiger partial charge on any atom is 0.230 e. The fraction of sp³-hybridized carbons (Fsp3) is 0.444. The Morgan fingerprint density at radius 3 is 2.92 bits per heavy atom. The first-order valence-electron chi connectivity index (χ1n) is 8.38. The van der Waals surface area contributed by atoms with E-state index in [1.54, 1.807) is 0 Å². The number of benzene rings is 1. The van der Waals surface area contributed by atoms with Crippen LogP contribution < -0.4 is 5.32 Å². The molecule has 3 heterocycles. The van der Waals surface area contributed by atoms with Crippen molar-refractivity contribution in [2.45, 2.75) is 25.2 Å². The van der Waals surface area contributed by atoms with Crippen LogP contribution in [0.15, 0.2) is 42.7 Å². The molecule has 126 valence electrons. The lowest BCUT2D eigenvalue weighted by atomic mass is 9.99. The van der Waals surface area contributed by atoms with Crippen molar-refractivity contribution >= 4 is 11.6 Å². The van der Waals surface area contributed by atoms with Gasteiger partial charge in [0.1, 0.15) is 0 Å². The van der Waals surface area contributed by atoms with Crippen LogP contribution in [0, 0.1) is 5.92 Å². The lowest BCUT2D eigenvalue weighted by molar-refractivity contribution is -0.123. The van der Waals surface area contributed by atoms with E-state index < -0.39 is 0 Å². The lowest BCUT2D eigenvalue weighted by Crippen LogP contribution is -2.44. The first kappa shape index (κ1) is 15.4. The van der Waals surface area contributed by atoms with Crippen LogP contribution >= 0.6 is 0 Å². The molecular weight excluding hydrogens is 304 g/mol. The number of para-hydroxylation sites is 1. The number of likely N-dealkylation sites (tertiary alicyclic amines) is 1. The van der Waals surface area contributed by atoms with Gasteiger partial charge in [-0.05, 0) is 18.6 Å². The largest absolute Gasteiger partial charge is 0.371 e. The van der Waals surface area contributed by atoms with Crippen molar-refractivity contribution in [3.8, 4) is 0 Å². The molecule has 0 radical (unpaired) electrons. The average molecular weight is 326 g/mol. The Morgan fingerprint density at radius 1 is 1.33 bits per heavy atom. The number of hydrogen-bond donors (Lipinski definition) is 1. The monoisotopic (exact) mass is 326 g/mol. The molecule has 1 N–H and O–H groups in total. The summed E-state index contributed by atoms with van der Waals surface area (Å²) in [7, 11) is 1.93. The highest BCUT2D eigenvalue weighted by Crippen LogP contribution is 2.33. The van der Waals surface area contributed by atoms with Crippen molar-refractivity contribution < 1.29 is 9.53 Å². The van der Waals surface area contributed by atoms with Gasteiger partial charge >= 0.3 is 0 Å². The van der Waals surface area contributed by atoms with Crippen LogP contribution in [0.4, 0.5) is 5.69 Å². The summed E-state index contributed by atoms with van der Waals surface area (Å²) in [6.07, 6.45) is 4.86.